The number of hydrogen-bond donors (Lipinski definition) is 0. The summed E-state index contributed by atoms with van der Waals surface area (Å²) in [5.74, 6) is 0. The molecule has 2 heteroatoms. The molecule has 0 aromatic carbocycles. The molecule has 0 bridgehead atoms. The lowest BCUT2D eigenvalue weighted by Crippen LogP contribution is -3.00. The van der Waals surface area contributed by atoms with Gasteiger partial charge in [0, 0.05) is 0 Å². The zero-order valence-corrected chi connectivity index (χ0v) is 26.1. The summed E-state index contributed by atoms with van der Waals surface area (Å²) in [5.41, 5.74) is 0. The number of unbranched alkanes of at least 4 members (excludes halogenated alkanes) is 19. The molecule has 0 saturated heterocycles. The molecule has 1 nitrogen and oxygen atoms in total. The molecule has 0 aromatic rings. The van der Waals surface area contributed by atoms with Gasteiger partial charge in [0.2, 0.25) is 0 Å². The van der Waals surface area contributed by atoms with Crippen LogP contribution >= 0.6 is 0 Å². The van der Waals surface area contributed by atoms with Gasteiger partial charge in [-0.2, -0.15) is 0 Å². The molecular weight excluding hydrogens is 513 g/mol. The highest BCUT2D eigenvalue weighted by atomic mass is 127. The monoisotopic (exact) mass is 579 g/mol. The average molecular weight is 580 g/mol. The molecule has 0 rings (SSSR count). The van der Waals surface area contributed by atoms with Crippen molar-refractivity contribution in [1.82, 2.24) is 0 Å². The molecule has 0 saturated carbocycles. The minimum Gasteiger partial charge on any atom is -1.00 e. The standard InChI is InChI=1S/C31H66N.HI/c1-5-9-13-17-21-25-29-32(28-24-20-16-12-8-4,30-26-22-18-14-10-6-2)31-27-23-19-15-11-7-3;/h5-31H2,1-4H3;1H/q+1;/p-1. The molecule has 0 unspecified atom stereocenters. The SMILES string of the molecule is CCCCCCCC[N+](CCCCCCC)(CCCCCCCC)CCCCCCCC.[I-]. The van der Waals surface area contributed by atoms with E-state index in [2.05, 4.69) is 27.7 Å². The Balaban J connectivity index is 0. The van der Waals surface area contributed by atoms with Gasteiger partial charge in [0.15, 0.2) is 0 Å². The molecule has 0 heterocycles. The first-order valence-corrected chi connectivity index (χ1v) is 15.6. The Morgan fingerprint density at radius 2 is 0.455 bits per heavy atom. The number of halogens is 1. The molecule has 33 heavy (non-hydrogen) atoms. The molecule has 0 N–H and O–H groups in total. The van der Waals surface area contributed by atoms with Gasteiger partial charge in [-0.1, -0.05) is 124 Å². The quantitative estimate of drug-likeness (QED) is 0.0528. The highest BCUT2D eigenvalue weighted by molar-refractivity contribution is 4.55. The van der Waals surface area contributed by atoms with E-state index in [1.807, 2.05) is 0 Å². The lowest BCUT2D eigenvalue weighted by atomic mass is 10.0. The predicted molar refractivity (Wildman–Crippen MR) is 149 cm³/mol. The van der Waals surface area contributed by atoms with Gasteiger partial charge in [0.1, 0.15) is 0 Å². The molecule has 0 fully saturated rings. The maximum absolute atomic E-state index is 2.34. The van der Waals surface area contributed by atoms with Crippen molar-refractivity contribution >= 4 is 0 Å². The third-order valence-corrected chi connectivity index (χ3v) is 7.69. The summed E-state index contributed by atoms with van der Waals surface area (Å²) >= 11 is 0. The second-order valence-corrected chi connectivity index (χ2v) is 11.0. The second kappa shape index (κ2) is 28.9. The summed E-state index contributed by atoms with van der Waals surface area (Å²) in [6.45, 7) is 15.3. The highest BCUT2D eigenvalue weighted by Crippen LogP contribution is 2.20. The molecule has 202 valence electrons. The molecule has 0 aromatic heterocycles. The Kier molecular flexibility index (Phi) is 31.4. The Morgan fingerprint density at radius 1 is 0.273 bits per heavy atom. The van der Waals surface area contributed by atoms with Crippen LogP contribution in [0, 0.1) is 0 Å². The minimum atomic E-state index is 0. The molecule has 0 amide bonds. The Bertz CT molecular complexity index is 303. The third-order valence-electron chi connectivity index (χ3n) is 7.69. The van der Waals surface area contributed by atoms with Crippen molar-refractivity contribution in [3.63, 3.8) is 0 Å². The molecule has 0 spiro atoms. The molecule has 0 aliphatic rings. The smallest absolute Gasteiger partial charge is 0.0786 e. The van der Waals surface area contributed by atoms with E-state index in [-0.39, 0.29) is 24.0 Å². The molecule has 0 radical (unpaired) electrons. The molecule has 0 atom stereocenters. The Morgan fingerprint density at radius 3 is 0.667 bits per heavy atom. The van der Waals surface area contributed by atoms with Crippen molar-refractivity contribution in [3.8, 4) is 0 Å². The molecule has 0 aliphatic heterocycles. The first-order chi connectivity index (χ1) is 15.7. The van der Waals surface area contributed by atoms with E-state index in [1.54, 1.807) is 0 Å². The molecule has 0 aliphatic carbocycles. The van der Waals surface area contributed by atoms with E-state index in [0.717, 1.165) is 0 Å². The van der Waals surface area contributed by atoms with Crippen LogP contribution in [0.5, 0.6) is 0 Å². The maximum Gasteiger partial charge on any atom is 0.0786 e. The lowest BCUT2D eigenvalue weighted by molar-refractivity contribution is -0.929. The van der Waals surface area contributed by atoms with E-state index in [4.69, 9.17) is 0 Å². The van der Waals surface area contributed by atoms with E-state index in [1.165, 1.54) is 178 Å². The second-order valence-electron chi connectivity index (χ2n) is 11.0. The van der Waals surface area contributed by atoms with Crippen LogP contribution in [0.2, 0.25) is 0 Å². The van der Waals surface area contributed by atoms with Crippen LogP contribution in [0.1, 0.15) is 175 Å². The molecular formula is C31H66IN. The number of hydrogen-bond acceptors (Lipinski definition) is 0. The van der Waals surface area contributed by atoms with Gasteiger partial charge < -0.3 is 28.5 Å². The summed E-state index contributed by atoms with van der Waals surface area (Å²) in [7, 11) is 0. The number of rotatable bonds is 27. The lowest BCUT2D eigenvalue weighted by Gasteiger charge is -2.40. The van der Waals surface area contributed by atoms with Crippen molar-refractivity contribution < 1.29 is 28.5 Å². The van der Waals surface area contributed by atoms with Crippen LogP contribution < -0.4 is 24.0 Å². The predicted octanol–water partition coefficient (Wildman–Crippen LogP) is 7.86. The van der Waals surface area contributed by atoms with Crippen molar-refractivity contribution in [2.75, 3.05) is 26.2 Å². The van der Waals surface area contributed by atoms with E-state index in [9.17, 15) is 0 Å². The third kappa shape index (κ3) is 24.2. The van der Waals surface area contributed by atoms with Crippen molar-refractivity contribution in [2.24, 2.45) is 0 Å². The highest BCUT2D eigenvalue weighted by Gasteiger charge is 2.25. The van der Waals surface area contributed by atoms with E-state index >= 15 is 0 Å². The van der Waals surface area contributed by atoms with Gasteiger partial charge >= 0.3 is 0 Å². The van der Waals surface area contributed by atoms with Gasteiger partial charge in [-0.15, -0.1) is 0 Å². The van der Waals surface area contributed by atoms with Crippen LogP contribution in [0.4, 0.5) is 0 Å². The normalized spacial score (nSPS) is 11.6. The van der Waals surface area contributed by atoms with Crippen LogP contribution in [0.15, 0.2) is 0 Å². The topological polar surface area (TPSA) is 0 Å². The first kappa shape index (κ1) is 35.8. The van der Waals surface area contributed by atoms with Gasteiger partial charge in [0.05, 0.1) is 26.2 Å². The largest absolute Gasteiger partial charge is 1.00 e. The summed E-state index contributed by atoms with van der Waals surface area (Å²) in [5, 5.41) is 0. The summed E-state index contributed by atoms with van der Waals surface area (Å²) < 4.78 is 1.47. The van der Waals surface area contributed by atoms with Gasteiger partial charge in [-0.05, 0) is 51.4 Å². The van der Waals surface area contributed by atoms with E-state index < -0.39 is 0 Å². The first-order valence-electron chi connectivity index (χ1n) is 15.6. The van der Waals surface area contributed by atoms with Gasteiger partial charge in [0.25, 0.3) is 0 Å². The van der Waals surface area contributed by atoms with Gasteiger partial charge in [-0.25, -0.2) is 0 Å². The zero-order valence-electron chi connectivity index (χ0n) is 23.9. The Labute approximate surface area is 229 Å². The van der Waals surface area contributed by atoms with Crippen LogP contribution in [-0.4, -0.2) is 30.7 Å². The van der Waals surface area contributed by atoms with Crippen molar-refractivity contribution in [3.05, 3.63) is 0 Å². The van der Waals surface area contributed by atoms with Crippen molar-refractivity contribution in [1.29, 1.82) is 0 Å². The van der Waals surface area contributed by atoms with Crippen molar-refractivity contribution in [2.45, 2.75) is 175 Å². The fourth-order valence-electron chi connectivity index (χ4n) is 5.40. The number of nitrogens with zero attached hydrogens (tertiary/aromatic N) is 1. The Hall–Kier alpha value is 0.690. The fourth-order valence-corrected chi connectivity index (χ4v) is 5.40. The number of quaternary nitrogens is 1. The summed E-state index contributed by atoms with van der Waals surface area (Å²) in [6.07, 6.45) is 33.3. The average Bonchev–Trinajstić information content (AvgIpc) is 2.80. The summed E-state index contributed by atoms with van der Waals surface area (Å²) in [6, 6.07) is 0. The van der Waals surface area contributed by atoms with E-state index in [0.29, 0.717) is 0 Å². The van der Waals surface area contributed by atoms with Gasteiger partial charge in [-0.3, -0.25) is 0 Å². The van der Waals surface area contributed by atoms with Crippen LogP contribution in [0.25, 0.3) is 0 Å². The zero-order chi connectivity index (χ0) is 23.6. The van der Waals surface area contributed by atoms with Crippen LogP contribution in [-0.2, 0) is 0 Å². The fraction of sp³-hybridized carbons (Fsp3) is 1.00. The maximum atomic E-state index is 2.34. The summed E-state index contributed by atoms with van der Waals surface area (Å²) in [4.78, 5) is 0. The van der Waals surface area contributed by atoms with Crippen LogP contribution in [0.3, 0.4) is 0 Å². The minimum absolute atomic E-state index is 0.